The molecule has 7 nitrogen and oxygen atoms in total. The second kappa shape index (κ2) is 11.7. The molecule has 0 saturated carbocycles. The SMILES string of the molecule is CN=C(NCc1ccc(C(N)=O)o1)N1CCC(COc2cc(Cl)cc(Cl)c2)CC1.I. The first-order valence-corrected chi connectivity index (χ1v) is 10.1. The van der Waals surface area contributed by atoms with Crippen molar-refractivity contribution < 1.29 is 13.9 Å². The molecule has 1 aliphatic rings. The summed E-state index contributed by atoms with van der Waals surface area (Å²) in [6, 6.07) is 8.52. The number of nitrogens with one attached hydrogen (secondary N) is 1. The number of rotatable bonds is 6. The maximum absolute atomic E-state index is 11.1. The van der Waals surface area contributed by atoms with Gasteiger partial charge in [-0.15, -0.1) is 24.0 Å². The van der Waals surface area contributed by atoms with E-state index in [2.05, 4.69) is 15.2 Å². The Bertz CT molecular complexity index is 862. The van der Waals surface area contributed by atoms with Gasteiger partial charge in [-0.25, -0.2) is 0 Å². The number of carbonyl (C=O) groups excluding carboxylic acids is 1. The quantitative estimate of drug-likeness (QED) is 0.311. The number of ether oxygens (including phenoxy) is 1. The Balaban J connectivity index is 0.00000320. The van der Waals surface area contributed by atoms with E-state index in [1.807, 2.05) is 0 Å². The molecule has 2 heterocycles. The van der Waals surface area contributed by atoms with E-state index in [-0.39, 0.29) is 29.7 Å². The highest BCUT2D eigenvalue weighted by Crippen LogP contribution is 2.26. The molecule has 2 aromatic rings. The summed E-state index contributed by atoms with van der Waals surface area (Å²) in [6.07, 6.45) is 1.98. The van der Waals surface area contributed by atoms with Gasteiger partial charge in [-0.2, -0.15) is 0 Å². The number of furan rings is 1. The van der Waals surface area contributed by atoms with Crippen molar-refractivity contribution in [2.24, 2.45) is 16.6 Å². The van der Waals surface area contributed by atoms with Gasteiger partial charge in [-0.1, -0.05) is 23.2 Å². The van der Waals surface area contributed by atoms with Crippen molar-refractivity contribution in [2.75, 3.05) is 26.7 Å². The predicted molar refractivity (Wildman–Crippen MR) is 129 cm³/mol. The summed E-state index contributed by atoms with van der Waals surface area (Å²) in [5.74, 6) is 2.14. The number of piperidine rings is 1. The summed E-state index contributed by atoms with van der Waals surface area (Å²) in [5.41, 5.74) is 5.21. The highest BCUT2D eigenvalue weighted by molar-refractivity contribution is 14.0. The number of hydrogen-bond donors (Lipinski definition) is 2. The Morgan fingerprint density at radius 1 is 1.27 bits per heavy atom. The van der Waals surface area contributed by atoms with Crippen molar-refractivity contribution in [3.63, 3.8) is 0 Å². The molecule has 1 aromatic heterocycles. The first kappa shape index (κ1) is 24.6. The Morgan fingerprint density at radius 3 is 2.50 bits per heavy atom. The van der Waals surface area contributed by atoms with Crippen molar-refractivity contribution in [2.45, 2.75) is 19.4 Å². The number of carbonyl (C=O) groups is 1. The molecular formula is C20H25Cl2IN4O3. The fourth-order valence-electron chi connectivity index (χ4n) is 3.24. The normalized spacial score (nSPS) is 14.9. The molecule has 0 unspecified atom stereocenters. The number of aliphatic imine (C=N–C) groups is 1. The molecule has 3 N–H and O–H groups in total. The molecule has 3 rings (SSSR count). The van der Waals surface area contributed by atoms with Gasteiger partial charge >= 0.3 is 0 Å². The van der Waals surface area contributed by atoms with Crippen molar-refractivity contribution in [1.82, 2.24) is 10.2 Å². The standard InChI is InChI=1S/C20H24Cl2N4O3.HI/c1-24-20(25-11-16-2-3-18(29-16)19(23)27)26-6-4-13(5-7-26)12-28-17-9-14(21)8-15(22)10-17;/h2-3,8-10,13H,4-7,11-12H2,1H3,(H2,23,27)(H,24,25);1H. The molecule has 0 atom stereocenters. The van der Waals surface area contributed by atoms with E-state index < -0.39 is 5.91 Å². The van der Waals surface area contributed by atoms with Gasteiger partial charge < -0.3 is 25.1 Å². The number of guanidine groups is 1. The molecule has 30 heavy (non-hydrogen) atoms. The Labute approximate surface area is 202 Å². The highest BCUT2D eigenvalue weighted by atomic mass is 127. The van der Waals surface area contributed by atoms with Gasteiger partial charge in [0.25, 0.3) is 5.91 Å². The lowest BCUT2D eigenvalue weighted by Crippen LogP contribution is -2.46. The topological polar surface area (TPSA) is 93.1 Å². The zero-order chi connectivity index (χ0) is 20.8. The Morgan fingerprint density at radius 2 is 1.93 bits per heavy atom. The first-order valence-electron chi connectivity index (χ1n) is 9.37. The summed E-state index contributed by atoms with van der Waals surface area (Å²) in [7, 11) is 1.75. The second-order valence-electron chi connectivity index (χ2n) is 6.88. The van der Waals surface area contributed by atoms with Crippen molar-refractivity contribution in [1.29, 1.82) is 0 Å². The number of nitrogens with zero attached hydrogens (tertiary/aromatic N) is 2. The lowest BCUT2D eigenvalue weighted by molar-refractivity contribution is 0.0972. The number of hydrogen-bond acceptors (Lipinski definition) is 4. The Hall–Kier alpha value is -1.65. The molecule has 164 valence electrons. The van der Waals surface area contributed by atoms with Gasteiger partial charge in [0.05, 0.1) is 13.2 Å². The molecule has 1 aliphatic heterocycles. The van der Waals surface area contributed by atoms with Crippen LogP contribution in [0, 0.1) is 5.92 Å². The number of benzene rings is 1. The first-order chi connectivity index (χ1) is 13.9. The van der Waals surface area contributed by atoms with E-state index in [9.17, 15) is 4.79 Å². The number of primary amides is 1. The zero-order valence-electron chi connectivity index (χ0n) is 16.6. The number of nitrogens with two attached hydrogens (primary N) is 1. The van der Waals surface area contributed by atoms with E-state index in [0.29, 0.717) is 40.6 Å². The van der Waals surface area contributed by atoms with Gasteiger partial charge in [-0.05, 0) is 49.1 Å². The lowest BCUT2D eigenvalue weighted by Gasteiger charge is -2.34. The minimum Gasteiger partial charge on any atom is -0.493 e. The lowest BCUT2D eigenvalue weighted by atomic mass is 9.98. The fraction of sp³-hybridized carbons (Fsp3) is 0.400. The molecule has 1 aromatic carbocycles. The van der Waals surface area contributed by atoms with E-state index in [1.165, 1.54) is 0 Å². The summed E-state index contributed by atoms with van der Waals surface area (Å²) in [6.45, 7) is 2.79. The third kappa shape index (κ3) is 6.95. The van der Waals surface area contributed by atoms with Crippen LogP contribution in [0.1, 0.15) is 29.2 Å². The largest absolute Gasteiger partial charge is 0.493 e. The van der Waals surface area contributed by atoms with E-state index in [4.69, 9.17) is 38.1 Å². The van der Waals surface area contributed by atoms with Gasteiger partial charge in [0.1, 0.15) is 11.5 Å². The van der Waals surface area contributed by atoms with Crippen molar-refractivity contribution >= 4 is 59.0 Å². The van der Waals surface area contributed by atoms with Gasteiger partial charge in [0, 0.05) is 30.2 Å². The van der Waals surface area contributed by atoms with Gasteiger partial charge in [0.2, 0.25) is 0 Å². The van der Waals surface area contributed by atoms with Crippen LogP contribution in [0.15, 0.2) is 39.7 Å². The third-order valence-electron chi connectivity index (χ3n) is 4.77. The van der Waals surface area contributed by atoms with Gasteiger partial charge in [0.15, 0.2) is 11.7 Å². The minimum absolute atomic E-state index is 0. The molecule has 10 heteroatoms. The van der Waals surface area contributed by atoms with Crippen LogP contribution >= 0.6 is 47.2 Å². The summed E-state index contributed by atoms with van der Waals surface area (Å²) >= 11 is 12.0. The van der Waals surface area contributed by atoms with Gasteiger partial charge in [-0.3, -0.25) is 9.79 Å². The molecule has 1 fully saturated rings. The molecule has 0 radical (unpaired) electrons. The third-order valence-corrected chi connectivity index (χ3v) is 5.21. The molecule has 0 spiro atoms. The number of halogens is 3. The molecular weight excluding hydrogens is 542 g/mol. The fourth-order valence-corrected chi connectivity index (χ4v) is 3.75. The van der Waals surface area contributed by atoms with Crippen LogP contribution < -0.4 is 15.8 Å². The Kier molecular flexibility index (Phi) is 9.57. The van der Waals surface area contributed by atoms with Crippen LogP contribution in [0.5, 0.6) is 5.75 Å². The molecule has 0 bridgehead atoms. The number of likely N-dealkylation sites (tertiary alicyclic amines) is 1. The maximum Gasteiger partial charge on any atom is 0.284 e. The van der Waals surface area contributed by atoms with Crippen molar-refractivity contribution in [3.05, 3.63) is 51.9 Å². The van der Waals surface area contributed by atoms with E-state index >= 15 is 0 Å². The van der Waals surface area contributed by atoms with Crippen LogP contribution in [0.25, 0.3) is 0 Å². The van der Waals surface area contributed by atoms with Crippen LogP contribution in [0.2, 0.25) is 10.0 Å². The highest BCUT2D eigenvalue weighted by Gasteiger charge is 2.22. The summed E-state index contributed by atoms with van der Waals surface area (Å²) < 4.78 is 11.3. The average Bonchev–Trinajstić information content (AvgIpc) is 3.16. The summed E-state index contributed by atoms with van der Waals surface area (Å²) in [4.78, 5) is 17.7. The van der Waals surface area contributed by atoms with E-state index in [0.717, 1.165) is 31.9 Å². The zero-order valence-corrected chi connectivity index (χ0v) is 20.4. The van der Waals surface area contributed by atoms with Crippen LogP contribution in [-0.2, 0) is 6.54 Å². The number of amides is 1. The van der Waals surface area contributed by atoms with Crippen LogP contribution in [-0.4, -0.2) is 43.5 Å². The molecule has 1 amide bonds. The van der Waals surface area contributed by atoms with E-state index in [1.54, 1.807) is 37.4 Å². The second-order valence-corrected chi connectivity index (χ2v) is 7.75. The maximum atomic E-state index is 11.1. The van der Waals surface area contributed by atoms with Crippen LogP contribution in [0.3, 0.4) is 0 Å². The molecule has 1 saturated heterocycles. The summed E-state index contributed by atoms with van der Waals surface area (Å²) in [5, 5.41) is 4.40. The monoisotopic (exact) mass is 566 g/mol. The van der Waals surface area contributed by atoms with Crippen molar-refractivity contribution in [3.8, 4) is 5.75 Å². The predicted octanol–water partition coefficient (Wildman–Crippen LogP) is 4.17. The average molecular weight is 567 g/mol. The smallest absolute Gasteiger partial charge is 0.284 e. The minimum atomic E-state index is -0.579. The van der Waals surface area contributed by atoms with Crippen LogP contribution in [0.4, 0.5) is 0 Å². The molecule has 0 aliphatic carbocycles.